The van der Waals surface area contributed by atoms with Gasteiger partial charge in [-0.2, -0.15) is 0 Å². The molecule has 114 valence electrons. The summed E-state index contributed by atoms with van der Waals surface area (Å²) in [6.45, 7) is 7.31. The first-order chi connectivity index (χ1) is 10.2. The van der Waals surface area contributed by atoms with Crippen LogP contribution in [0.15, 0.2) is 30.3 Å². The van der Waals surface area contributed by atoms with Crippen LogP contribution in [0.4, 0.5) is 0 Å². The number of benzene rings is 1. The minimum absolute atomic E-state index is 0.148. The number of aryl methyl sites for hydroxylation is 1. The average Bonchev–Trinajstić information content (AvgIpc) is 2.98. The molecule has 21 heavy (non-hydrogen) atoms. The number of hydrogen-bond donors (Lipinski definition) is 0. The highest BCUT2D eigenvalue weighted by atomic mass is 35.5. The molecule has 2 nitrogen and oxygen atoms in total. The molecular weight excluding hydrogens is 304 g/mol. The fourth-order valence-electron chi connectivity index (χ4n) is 2.11. The number of rotatable bonds is 7. The van der Waals surface area contributed by atoms with E-state index in [1.54, 1.807) is 11.3 Å². The van der Waals surface area contributed by atoms with Crippen molar-refractivity contribution < 1.29 is 9.47 Å². The smallest absolute Gasteiger partial charge is 0.161 e. The molecule has 1 atom stereocenters. The summed E-state index contributed by atoms with van der Waals surface area (Å²) >= 11 is 8.38. The molecule has 0 aliphatic carbocycles. The standard InChI is InChI=1S/C17H21ClO2S/c1-4-13-8-10-16(21-13)17(18)12-7-9-14(19-5-2)15(11-12)20-6-3/h7-11,17H,4-6H2,1-3H3. The lowest BCUT2D eigenvalue weighted by atomic mass is 10.1. The van der Waals surface area contributed by atoms with Gasteiger partial charge in [-0.05, 0) is 50.1 Å². The summed E-state index contributed by atoms with van der Waals surface area (Å²) in [5.41, 5.74) is 1.04. The van der Waals surface area contributed by atoms with Crippen LogP contribution in [-0.2, 0) is 6.42 Å². The van der Waals surface area contributed by atoms with Crippen molar-refractivity contribution in [2.75, 3.05) is 13.2 Å². The molecule has 0 aliphatic heterocycles. The first-order valence-corrected chi connectivity index (χ1v) is 8.57. The summed E-state index contributed by atoms with van der Waals surface area (Å²) < 4.78 is 11.2. The van der Waals surface area contributed by atoms with Crippen LogP contribution in [0.1, 0.15) is 41.5 Å². The molecule has 1 aromatic heterocycles. The van der Waals surface area contributed by atoms with Crippen molar-refractivity contribution in [3.8, 4) is 11.5 Å². The predicted octanol–water partition coefficient (Wildman–Crippen LogP) is 5.44. The van der Waals surface area contributed by atoms with Crippen molar-refractivity contribution in [3.05, 3.63) is 45.6 Å². The monoisotopic (exact) mass is 324 g/mol. The van der Waals surface area contributed by atoms with E-state index in [4.69, 9.17) is 21.1 Å². The lowest BCUT2D eigenvalue weighted by Gasteiger charge is -2.14. The molecule has 0 saturated carbocycles. The summed E-state index contributed by atoms with van der Waals surface area (Å²) in [4.78, 5) is 2.52. The van der Waals surface area contributed by atoms with Crippen molar-refractivity contribution in [1.82, 2.24) is 0 Å². The van der Waals surface area contributed by atoms with Gasteiger partial charge >= 0.3 is 0 Å². The van der Waals surface area contributed by atoms with E-state index in [1.807, 2.05) is 32.0 Å². The zero-order chi connectivity index (χ0) is 15.2. The van der Waals surface area contributed by atoms with Crippen LogP contribution in [0.2, 0.25) is 0 Å². The van der Waals surface area contributed by atoms with Crippen LogP contribution in [0.3, 0.4) is 0 Å². The van der Waals surface area contributed by atoms with Crippen molar-refractivity contribution in [3.63, 3.8) is 0 Å². The van der Waals surface area contributed by atoms with Crippen LogP contribution < -0.4 is 9.47 Å². The van der Waals surface area contributed by atoms with Crippen molar-refractivity contribution >= 4 is 22.9 Å². The quantitative estimate of drug-likeness (QED) is 0.632. The van der Waals surface area contributed by atoms with Crippen LogP contribution in [0.5, 0.6) is 11.5 Å². The lowest BCUT2D eigenvalue weighted by Crippen LogP contribution is -2.00. The van der Waals surface area contributed by atoms with Crippen molar-refractivity contribution in [2.45, 2.75) is 32.6 Å². The SMILES string of the molecule is CCOc1ccc(C(Cl)c2ccc(CC)s2)cc1OCC. The molecule has 0 fully saturated rings. The van der Waals surface area contributed by atoms with E-state index in [-0.39, 0.29) is 5.38 Å². The van der Waals surface area contributed by atoms with E-state index in [0.717, 1.165) is 23.5 Å². The normalized spacial score (nSPS) is 12.2. The Hall–Kier alpha value is -1.19. The zero-order valence-electron chi connectivity index (χ0n) is 12.7. The Bertz CT molecular complexity index is 580. The Kier molecular flexibility index (Phi) is 5.95. The van der Waals surface area contributed by atoms with Gasteiger partial charge in [0.25, 0.3) is 0 Å². The molecule has 1 heterocycles. The van der Waals surface area contributed by atoms with Gasteiger partial charge in [0.05, 0.1) is 18.6 Å². The summed E-state index contributed by atoms with van der Waals surface area (Å²) in [5, 5.41) is -0.148. The fraction of sp³-hybridized carbons (Fsp3) is 0.412. The molecule has 0 aliphatic rings. The summed E-state index contributed by atoms with van der Waals surface area (Å²) in [7, 11) is 0. The fourth-order valence-corrected chi connectivity index (χ4v) is 3.41. The Morgan fingerprint density at radius 3 is 2.33 bits per heavy atom. The maximum Gasteiger partial charge on any atom is 0.161 e. The molecule has 0 saturated heterocycles. The highest BCUT2D eigenvalue weighted by molar-refractivity contribution is 7.12. The molecule has 0 N–H and O–H groups in total. The number of thiophene rings is 1. The predicted molar refractivity (Wildman–Crippen MR) is 90.2 cm³/mol. The third kappa shape index (κ3) is 3.92. The Labute approximate surface area is 135 Å². The van der Waals surface area contributed by atoms with E-state index < -0.39 is 0 Å². The topological polar surface area (TPSA) is 18.5 Å². The summed E-state index contributed by atoms with van der Waals surface area (Å²) in [5.74, 6) is 1.53. The maximum atomic E-state index is 6.62. The first kappa shape index (κ1) is 16.2. The van der Waals surface area contributed by atoms with E-state index >= 15 is 0 Å². The number of ether oxygens (including phenoxy) is 2. The third-order valence-corrected chi connectivity index (χ3v) is 5.05. The van der Waals surface area contributed by atoms with Crippen LogP contribution in [-0.4, -0.2) is 13.2 Å². The molecule has 0 spiro atoms. The third-order valence-electron chi connectivity index (χ3n) is 3.14. The Morgan fingerprint density at radius 1 is 1.00 bits per heavy atom. The Morgan fingerprint density at radius 2 is 1.71 bits per heavy atom. The summed E-state index contributed by atoms with van der Waals surface area (Å²) in [6, 6.07) is 10.2. The zero-order valence-corrected chi connectivity index (χ0v) is 14.3. The lowest BCUT2D eigenvalue weighted by molar-refractivity contribution is 0.287. The number of hydrogen-bond acceptors (Lipinski definition) is 3. The van der Waals surface area contributed by atoms with Gasteiger partial charge in [0.2, 0.25) is 0 Å². The number of halogens is 1. The van der Waals surface area contributed by atoms with Gasteiger partial charge in [0.15, 0.2) is 11.5 Å². The largest absolute Gasteiger partial charge is 0.490 e. The van der Waals surface area contributed by atoms with Gasteiger partial charge < -0.3 is 9.47 Å². The molecule has 1 aromatic carbocycles. The second-order valence-corrected chi connectivity index (χ2v) is 6.23. The van der Waals surface area contributed by atoms with Gasteiger partial charge in [0, 0.05) is 9.75 Å². The van der Waals surface area contributed by atoms with Crippen molar-refractivity contribution in [1.29, 1.82) is 0 Å². The molecule has 4 heteroatoms. The van der Waals surface area contributed by atoms with E-state index in [0.29, 0.717) is 13.2 Å². The highest BCUT2D eigenvalue weighted by Gasteiger charge is 2.16. The molecule has 0 amide bonds. The van der Waals surface area contributed by atoms with Crippen molar-refractivity contribution in [2.24, 2.45) is 0 Å². The maximum absolute atomic E-state index is 6.62. The van der Waals surface area contributed by atoms with E-state index in [9.17, 15) is 0 Å². The highest BCUT2D eigenvalue weighted by Crippen LogP contribution is 2.38. The van der Waals surface area contributed by atoms with Gasteiger partial charge in [-0.25, -0.2) is 0 Å². The number of alkyl halides is 1. The average molecular weight is 325 g/mol. The molecular formula is C17H21ClO2S. The Balaban J connectivity index is 2.27. The first-order valence-electron chi connectivity index (χ1n) is 7.31. The molecule has 2 aromatic rings. The van der Waals surface area contributed by atoms with Crippen LogP contribution >= 0.6 is 22.9 Å². The van der Waals surface area contributed by atoms with Gasteiger partial charge in [-0.15, -0.1) is 22.9 Å². The minimum atomic E-state index is -0.148. The van der Waals surface area contributed by atoms with E-state index in [1.165, 1.54) is 9.75 Å². The minimum Gasteiger partial charge on any atom is -0.490 e. The van der Waals surface area contributed by atoms with Crippen LogP contribution in [0.25, 0.3) is 0 Å². The van der Waals surface area contributed by atoms with Gasteiger partial charge in [-0.1, -0.05) is 13.0 Å². The van der Waals surface area contributed by atoms with Crippen LogP contribution in [0, 0.1) is 0 Å². The van der Waals surface area contributed by atoms with Gasteiger partial charge in [0.1, 0.15) is 0 Å². The van der Waals surface area contributed by atoms with E-state index in [2.05, 4.69) is 19.1 Å². The molecule has 2 rings (SSSR count). The summed E-state index contributed by atoms with van der Waals surface area (Å²) in [6.07, 6.45) is 1.04. The second kappa shape index (κ2) is 7.71. The molecule has 0 radical (unpaired) electrons. The molecule has 0 bridgehead atoms. The van der Waals surface area contributed by atoms with Gasteiger partial charge in [-0.3, -0.25) is 0 Å². The molecule has 1 unspecified atom stereocenters. The second-order valence-electron chi connectivity index (χ2n) is 4.59.